The van der Waals surface area contributed by atoms with Crippen LogP contribution in [0.5, 0.6) is 0 Å². The molecule has 0 fully saturated rings. The summed E-state index contributed by atoms with van der Waals surface area (Å²) >= 11 is 5.99. The van der Waals surface area contributed by atoms with Gasteiger partial charge in [-0.25, -0.2) is 17.9 Å². The largest absolute Gasteiger partial charge is 0.305 e. The molecule has 0 spiro atoms. The van der Waals surface area contributed by atoms with Gasteiger partial charge in [-0.15, -0.1) is 5.54 Å². The quantitative estimate of drug-likeness (QED) is 0.416. The van der Waals surface area contributed by atoms with E-state index in [-0.39, 0.29) is 23.5 Å². The van der Waals surface area contributed by atoms with Gasteiger partial charge in [-0.2, -0.15) is 5.10 Å². The Morgan fingerprint density at radius 1 is 1.13 bits per heavy atom. The SMILES string of the molecule is CCn1c(-c2c(F)cc(F)cc2F)c(-n2cc(Cl)cn2)cc(C#C[Si](C)(C)C)c1=O. The predicted molar refractivity (Wildman–Crippen MR) is 114 cm³/mol. The zero-order valence-electron chi connectivity index (χ0n) is 16.9. The maximum atomic E-state index is 14.7. The van der Waals surface area contributed by atoms with Crippen LogP contribution in [-0.4, -0.2) is 22.4 Å². The minimum absolute atomic E-state index is 0.0733. The third-order valence-electron chi connectivity index (χ3n) is 4.20. The lowest BCUT2D eigenvalue weighted by Gasteiger charge is -2.18. The first-order chi connectivity index (χ1) is 14.0. The van der Waals surface area contributed by atoms with E-state index >= 15 is 0 Å². The number of halogens is 4. The topological polar surface area (TPSA) is 39.8 Å². The summed E-state index contributed by atoms with van der Waals surface area (Å²) in [6, 6.07) is 2.58. The maximum Gasteiger partial charge on any atom is 0.266 e. The van der Waals surface area contributed by atoms with E-state index in [4.69, 9.17) is 11.6 Å². The molecule has 30 heavy (non-hydrogen) atoms. The number of hydrogen-bond donors (Lipinski definition) is 0. The molecule has 3 aromatic rings. The molecule has 0 bridgehead atoms. The first-order valence-corrected chi connectivity index (χ1v) is 13.1. The van der Waals surface area contributed by atoms with Gasteiger partial charge < -0.3 is 4.57 Å². The summed E-state index contributed by atoms with van der Waals surface area (Å²) in [4.78, 5) is 13.1. The average molecular weight is 450 g/mol. The third kappa shape index (κ3) is 4.37. The van der Waals surface area contributed by atoms with Crippen molar-refractivity contribution in [2.75, 3.05) is 0 Å². The van der Waals surface area contributed by atoms with Gasteiger partial charge in [0.05, 0.1) is 33.7 Å². The van der Waals surface area contributed by atoms with Gasteiger partial charge in [-0.3, -0.25) is 4.79 Å². The van der Waals surface area contributed by atoms with Gasteiger partial charge in [-0.05, 0) is 13.0 Å². The van der Waals surface area contributed by atoms with Crippen LogP contribution in [0.1, 0.15) is 12.5 Å². The van der Waals surface area contributed by atoms with E-state index in [2.05, 4.69) is 16.6 Å². The number of rotatable bonds is 3. The van der Waals surface area contributed by atoms with E-state index in [0.29, 0.717) is 17.2 Å². The van der Waals surface area contributed by atoms with Gasteiger partial charge in [0.15, 0.2) is 0 Å². The lowest BCUT2D eigenvalue weighted by molar-refractivity contribution is 0.544. The first kappa shape index (κ1) is 21.9. The molecule has 0 atom stereocenters. The number of pyridine rings is 1. The molecule has 0 N–H and O–H groups in total. The molecule has 9 heteroatoms. The van der Waals surface area contributed by atoms with Crippen molar-refractivity contribution in [3.63, 3.8) is 0 Å². The van der Waals surface area contributed by atoms with Crippen molar-refractivity contribution in [2.45, 2.75) is 33.1 Å². The highest BCUT2D eigenvalue weighted by Crippen LogP contribution is 2.32. The summed E-state index contributed by atoms with van der Waals surface area (Å²) in [5.74, 6) is -0.397. The zero-order valence-corrected chi connectivity index (χ0v) is 18.6. The molecular formula is C21H19ClF3N3OSi. The molecule has 0 saturated heterocycles. The van der Waals surface area contributed by atoms with E-state index in [1.807, 2.05) is 19.6 Å². The Labute approximate surface area is 177 Å². The van der Waals surface area contributed by atoms with Crippen LogP contribution < -0.4 is 5.56 Å². The second kappa shape index (κ2) is 8.17. The number of aromatic nitrogens is 3. The second-order valence-electron chi connectivity index (χ2n) is 7.69. The molecule has 3 rings (SSSR count). The molecule has 2 heterocycles. The molecule has 0 saturated carbocycles. The zero-order chi connectivity index (χ0) is 22.2. The van der Waals surface area contributed by atoms with Gasteiger partial charge in [0.2, 0.25) is 0 Å². The minimum Gasteiger partial charge on any atom is -0.305 e. The second-order valence-corrected chi connectivity index (χ2v) is 12.9. The van der Waals surface area contributed by atoms with Crippen LogP contribution in [0.3, 0.4) is 0 Å². The van der Waals surface area contributed by atoms with Crippen LogP contribution in [0.4, 0.5) is 13.2 Å². The third-order valence-corrected chi connectivity index (χ3v) is 5.27. The fraction of sp³-hybridized carbons (Fsp3) is 0.238. The van der Waals surface area contributed by atoms with Crippen molar-refractivity contribution in [3.05, 3.63) is 69.0 Å². The Kier molecular flexibility index (Phi) is 5.97. The lowest BCUT2D eigenvalue weighted by Crippen LogP contribution is -2.26. The molecule has 0 unspecified atom stereocenters. The Hall–Kier alpha value is -2.76. The standard InChI is InChI=1S/C21H19ClF3N3OSi/c1-5-27-20(19-16(24)9-15(23)10-17(19)25)18(28-12-14(22)11-26-28)8-13(21(27)29)6-7-30(2,3)4/h8-12H,5H2,1-4H3. The molecule has 1 aromatic carbocycles. The number of hydrogen-bond acceptors (Lipinski definition) is 2. The molecule has 0 aliphatic carbocycles. The van der Waals surface area contributed by atoms with Crippen LogP contribution >= 0.6 is 11.6 Å². The molecule has 0 aliphatic rings. The summed E-state index contributed by atoms with van der Waals surface area (Å²) in [6.45, 7) is 7.87. The van der Waals surface area contributed by atoms with Crippen molar-refractivity contribution in [2.24, 2.45) is 0 Å². The number of benzene rings is 1. The van der Waals surface area contributed by atoms with E-state index < -0.39 is 36.6 Å². The van der Waals surface area contributed by atoms with Gasteiger partial charge in [0, 0.05) is 24.9 Å². The highest BCUT2D eigenvalue weighted by molar-refractivity contribution is 6.83. The molecule has 2 aromatic heterocycles. The van der Waals surface area contributed by atoms with E-state index in [1.54, 1.807) is 6.92 Å². The molecule has 156 valence electrons. The fourth-order valence-corrected chi connectivity index (χ4v) is 3.58. The van der Waals surface area contributed by atoms with Crippen LogP contribution in [0, 0.1) is 28.9 Å². The maximum absolute atomic E-state index is 14.7. The molecule has 4 nitrogen and oxygen atoms in total. The van der Waals surface area contributed by atoms with Crippen molar-refractivity contribution in [1.82, 2.24) is 14.3 Å². The predicted octanol–water partition coefficient (Wildman–Crippen LogP) is 5.02. The van der Waals surface area contributed by atoms with Crippen LogP contribution in [0.15, 0.2) is 35.4 Å². The number of nitrogens with zero attached hydrogens (tertiary/aromatic N) is 3. The van der Waals surface area contributed by atoms with E-state index in [0.717, 1.165) is 0 Å². The van der Waals surface area contributed by atoms with E-state index in [1.165, 1.54) is 27.7 Å². The summed E-state index contributed by atoms with van der Waals surface area (Å²) in [5.41, 5.74) is 2.40. The Bertz CT molecular complexity index is 1230. The van der Waals surface area contributed by atoms with Gasteiger partial charge in [0.1, 0.15) is 25.5 Å². The highest BCUT2D eigenvalue weighted by atomic mass is 35.5. The normalized spacial score (nSPS) is 11.3. The van der Waals surface area contributed by atoms with Crippen LogP contribution in [0.2, 0.25) is 24.7 Å². The summed E-state index contributed by atoms with van der Waals surface area (Å²) in [5, 5.41) is 4.41. The monoisotopic (exact) mass is 449 g/mol. The van der Waals surface area contributed by atoms with Crippen molar-refractivity contribution >= 4 is 19.7 Å². The Morgan fingerprint density at radius 2 is 1.77 bits per heavy atom. The van der Waals surface area contributed by atoms with Gasteiger partial charge in [-0.1, -0.05) is 37.2 Å². The first-order valence-electron chi connectivity index (χ1n) is 9.18. The van der Waals surface area contributed by atoms with Gasteiger partial charge >= 0.3 is 0 Å². The summed E-state index contributed by atoms with van der Waals surface area (Å²) in [7, 11) is -1.80. The van der Waals surface area contributed by atoms with Crippen molar-refractivity contribution in [3.8, 4) is 28.4 Å². The molecule has 0 aliphatic heterocycles. The van der Waals surface area contributed by atoms with E-state index in [9.17, 15) is 18.0 Å². The lowest BCUT2D eigenvalue weighted by atomic mass is 10.1. The summed E-state index contributed by atoms with van der Waals surface area (Å²) < 4.78 is 45.4. The average Bonchev–Trinajstić information content (AvgIpc) is 3.05. The Balaban J connectivity index is 2.46. The molecule has 0 radical (unpaired) electrons. The fourth-order valence-electron chi connectivity index (χ4n) is 2.94. The molecular weight excluding hydrogens is 431 g/mol. The summed E-state index contributed by atoms with van der Waals surface area (Å²) in [6.07, 6.45) is 2.80. The van der Waals surface area contributed by atoms with Crippen molar-refractivity contribution in [1.29, 1.82) is 0 Å². The molecule has 0 amide bonds. The van der Waals surface area contributed by atoms with Crippen LogP contribution in [-0.2, 0) is 6.54 Å². The highest BCUT2D eigenvalue weighted by Gasteiger charge is 2.24. The van der Waals surface area contributed by atoms with Crippen molar-refractivity contribution < 1.29 is 13.2 Å². The minimum atomic E-state index is -1.80. The van der Waals surface area contributed by atoms with Crippen LogP contribution in [0.25, 0.3) is 16.9 Å². The Morgan fingerprint density at radius 3 is 2.27 bits per heavy atom. The van der Waals surface area contributed by atoms with Gasteiger partial charge in [0.25, 0.3) is 5.56 Å². The smallest absolute Gasteiger partial charge is 0.266 e.